The van der Waals surface area contributed by atoms with Crippen LogP contribution in [0, 0.1) is 0 Å². The van der Waals surface area contributed by atoms with Gasteiger partial charge in [0.1, 0.15) is 11.6 Å². The van der Waals surface area contributed by atoms with Crippen molar-refractivity contribution in [3.8, 4) is 5.75 Å². The molecule has 21 heavy (non-hydrogen) atoms. The first-order chi connectivity index (χ1) is 10.3. The lowest BCUT2D eigenvalue weighted by molar-refractivity contribution is 0.410. The lowest BCUT2D eigenvalue weighted by Crippen LogP contribution is -2.02. The fourth-order valence-electron chi connectivity index (χ4n) is 2.20. The van der Waals surface area contributed by atoms with Crippen LogP contribution < -0.4 is 4.74 Å². The third-order valence-corrected chi connectivity index (χ3v) is 3.25. The number of ether oxygens (including phenoxy) is 1. The molecule has 0 fully saturated rings. The third kappa shape index (κ3) is 3.28. The summed E-state index contributed by atoms with van der Waals surface area (Å²) in [4.78, 5) is 4.52. The van der Waals surface area contributed by atoms with Crippen LogP contribution in [0.1, 0.15) is 17.2 Å². The number of aromatic amines is 1. The van der Waals surface area contributed by atoms with Gasteiger partial charge in [0.2, 0.25) is 0 Å². The zero-order valence-corrected chi connectivity index (χ0v) is 11.9. The van der Waals surface area contributed by atoms with E-state index in [1.54, 1.807) is 13.3 Å². The Kier molecular flexibility index (Phi) is 3.95. The number of hydrogen-bond acceptors (Lipinski definition) is 4. The van der Waals surface area contributed by atoms with Gasteiger partial charge in [-0.25, -0.2) is 4.98 Å². The van der Waals surface area contributed by atoms with Crippen molar-refractivity contribution >= 4 is 0 Å². The summed E-state index contributed by atoms with van der Waals surface area (Å²) in [6, 6.07) is 9.84. The molecular weight excluding hydrogens is 266 g/mol. The maximum atomic E-state index is 5.35. The Morgan fingerprint density at radius 2 is 2.14 bits per heavy atom. The highest BCUT2D eigenvalue weighted by molar-refractivity contribution is 5.35. The van der Waals surface area contributed by atoms with E-state index in [0.717, 1.165) is 35.9 Å². The minimum absolute atomic E-state index is 0.679. The molecule has 0 aliphatic rings. The van der Waals surface area contributed by atoms with E-state index in [4.69, 9.17) is 4.74 Å². The molecule has 0 atom stereocenters. The van der Waals surface area contributed by atoms with E-state index in [-0.39, 0.29) is 0 Å². The first-order valence-electron chi connectivity index (χ1n) is 6.84. The fraction of sp³-hybridized carbons (Fsp3) is 0.267. The molecule has 1 N–H and O–H groups in total. The van der Waals surface area contributed by atoms with Gasteiger partial charge in [0.25, 0.3) is 0 Å². The van der Waals surface area contributed by atoms with Crippen molar-refractivity contribution in [1.29, 1.82) is 0 Å². The molecule has 0 amide bonds. The summed E-state index contributed by atoms with van der Waals surface area (Å²) in [5, 5.41) is 11.4. The molecule has 0 saturated heterocycles. The molecule has 3 rings (SSSR count). The molecule has 0 aliphatic heterocycles. The monoisotopic (exact) mass is 283 g/mol. The Morgan fingerprint density at radius 3 is 2.95 bits per heavy atom. The second-order valence-electron chi connectivity index (χ2n) is 4.71. The van der Waals surface area contributed by atoms with E-state index >= 15 is 0 Å². The van der Waals surface area contributed by atoms with Crippen molar-refractivity contribution in [3.05, 3.63) is 59.9 Å². The van der Waals surface area contributed by atoms with Crippen LogP contribution in [0.15, 0.2) is 42.7 Å². The number of aromatic nitrogens is 5. The molecule has 0 unspecified atom stereocenters. The van der Waals surface area contributed by atoms with E-state index in [1.165, 1.54) is 0 Å². The van der Waals surface area contributed by atoms with Crippen LogP contribution in [0.25, 0.3) is 0 Å². The smallest absolute Gasteiger partial charge is 0.152 e. The Hall–Kier alpha value is -2.63. The maximum absolute atomic E-state index is 5.35. The first-order valence-corrected chi connectivity index (χ1v) is 6.84. The predicted molar refractivity (Wildman–Crippen MR) is 78.1 cm³/mol. The molecular formula is C15H17N5O. The van der Waals surface area contributed by atoms with E-state index < -0.39 is 0 Å². The topological polar surface area (TPSA) is 68.6 Å². The molecule has 0 spiro atoms. The van der Waals surface area contributed by atoms with E-state index in [1.807, 2.05) is 41.2 Å². The highest BCUT2D eigenvalue weighted by atomic mass is 16.5. The third-order valence-electron chi connectivity index (χ3n) is 3.25. The van der Waals surface area contributed by atoms with Crippen molar-refractivity contribution in [3.63, 3.8) is 0 Å². The van der Waals surface area contributed by atoms with Crippen molar-refractivity contribution in [2.24, 2.45) is 0 Å². The zero-order valence-electron chi connectivity index (χ0n) is 11.9. The van der Waals surface area contributed by atoms with Crippen LogP contribution in [0.5, 0.6) is 5.75 Å². The van der Waals surface area contributed by atoms with Crippen LogP contribution in [0.2, 0.25) is 0 Å². The molecule has 0 saturated carbocycles. The second-order valence-corrected chi connectivity index (χ2v) is 4.71. The summed E-state index contributed by atoms with van der Waals surface area (Å²) in [7, 11) is 1.68. The molecule has 0 radical (unpaired) electrons. The zero-order chi connectivity index (χ0) is 14.5. The van der Waals surface area contributed by atoms with Crippen molar-refractivity contribution in [2.75, 3.05) is 7.11 Å². The number of benzene rings is 1. The number of rotatable bonds is 6. The van der Waals surface area contributed by atoms with Crippen molar-refractivity contribution in [1.82, 2.24) is 25.0 Å². The van der Waals surface area contributed by atoms with Crippen LogP contribution in [-0.4, -0.2) is 32.1 Å². The number of nitrogens with one attached hydrogen (secondary N) is 1. The molecule has 2 aromatic heterocycles. The summed E-state index contributed by atoms with van der Waals surface area (Å²) in [6.07, 6.45) is 5.14. The highest BCUT2D eigenvalue weighted by Gasteiger charge is 2.08. The minimum atomic E-state index is 0.679. The normalized spacial score (nSPS) is 10.7. The van der Waals surface area contributed by atoms with Gasteiger partial charge in [-0.2, -0.15) is 10.2 Å². The first kappa shape index (κ1) is 13.4. The summed E-state index contributed by atoms with van der Waals surface area (Å²) in [6.45, 7) is 0.777. The predicted octanol–water partition coefficient (Wildman–Crippen LogP) is 1.84. The lowest BCUT2D eigenvalue weighted by Gasteiger charge is -2.05. The Balaban J connectivity index is 1.64. The van der Waals surface area contributed by atoms with Gasteiger partial charge >= 0.3 is 0 Å². The van der Waals surface area contributed by atoms with Crippen LogP contribution >= 0.6 is 0 Å². The summed E-state index contributed by atoms with van der Waals surface area (Å²) in [5.74, 6) is 2.51. The van der Waals surface area contributed by atoms with Crippen LogP contribution in [0.4, 0.5) is 0 Å². The Bertz CT molecular complexity index is 690. The SMILES string of the molecule is COc1ccccc1Cc1nc(CCn2cccn2)n[nH]1. The molecule has 108 valence electrons. The molecule has 0 bridgehead atoms. The van der Waals surface area contributed by atoms with E-state index in [9.17, 15) is 0 Å². The van der Waals surface area contributed by atoms with Crippen molar-refractivity contribution < 1.29 is 4.74 Å². The number of methoxy groups -OCH3 is 1. The molecule has 0 aliphatic carbocycles. The second kappa shape index (κ2) is 6.21. The van der Waals surface area contributed by atoms with Gasteiger partial charge in [-0.3, -0.25) is 9.78 Å². The van der Waals surface area contributed by atoms with Crippen LogP contribution in [-0.2, 0) is 19.4 Å². The van der Waals surface area contributed by atoms with E-state index in [2.05, 4.69) is 20.3 Å². The number of aryl methyl sites for hydroxylation is 2. The lowest BCUT2D eigenvalue weighted by atomic mass is 10.1. The molecule has 2 heterocycles. The number of hydrogen-bond donors (Lipinski definition) is 1. The number of para-hydroxylation sites is 1. The standard InChI is InChI=1S/C15H17N5O/c1-21-13-6-3-2-5-12(13)11-15-17-14(18-19-15)7-10-20-9-4-8-16-20/h2-6,8-9H,7,10-11H2,1H3,(H,17,18,19). The Labute approximate surface area is 122 Å². The molecule has 6 heteroatoms. The van der Waals surface area contributed by atoms with E-state index in [0.29, 0.717) is 6.42 Å². The average Bonchev–Trinajstić information content (AvgIpc) is 3.17. The molecule has 6 nitrogen and oxygen atoms in total. The minimum Gasteiger partial charge on any atom is -0.496 e. The largest absolute Gasteiger partial charge is 0.496 e. The van der Waals surface area contributed by atoms with Gasteiger partial charge in [-0.1, -0.05) is 18.2 Å². The van der Waals surface area contributed by atoms with Crippen LogP contribution in [0.3, 0.4) is 0 Å². The van der Waals surface area contributed by atoms with Gasteiger partial charge in [-0.15, -0.1) is 0 Å². The molecule has 3 aromatic rings. The maximum Gasteiger partial charge on any atom is 0.152 e. The van der Waals surface area contributed by atoms with Gasteiger partial charge in [-0.05, 0) is 12.1 Å². The molecule has 1 aromatic carbocycles. The quantitative estimate of drug-likeness (QED) is 0.749. The summed E-state index contributed by atoms with van der Waals surface area (Å²) < 4.78 is 7.22. The van der Waals surface area contributed by atoms with Gasteiger partial charge in [0.05, 0.1) is 7.11 Å². The fourth-order valence-corrected chi connectivity index (χ4v) is 2.20. The Morgan fingerprint density at radius 1 is 1.24 bits per heavy atom. The van der Waals surface area contributed by atoms with Gasteiger partial charge in [0.15, 0.2) is 5.82 Å². The van der Waals surface area contributed by atoms with Gasteiger partial charge < -0.3 is 4.74 Å². The highest BCUT2D eigenvalue weighted by Crippen LogP contribution is 2.19. The van der Waals surface area contributed by atoms with Crippen molar-refractivity contribution in [2.45, 2.75) is 19.4 Å². The number of nitrogens with zero attached hydrogens (tertiary/aromatic N) is 4. The summed E-state index contributed by atoms with van der Waals surface area (Å²) in [5.41, 5.74) is 1.09. The summed E-state index contributed by atoms with van der Waals surface area (Å²) >= 11 is 0. The number of H-pyrrole nitrogens is 1. The average molecular weight is 283 g/mol. The van der Waals surface area contributed by atoms with Gasteiger partial charge in [0, 0.05) is 37.3 Å².